The van der Waals surface area contributed by atoms with E-state index < -0.39 is 0 Å². The first-order valence-electron chi connectivity index (χ1n) is 7.28. The Hall–Kier alpha value is -2.20. The van der Waals surface area contributed by atoms with Gasteiger partial charge in [-0.2, -0.15) is 0 Å². The molecule has 0 saturated carbocycles. The summed E-state index contributed by atoms with van der Waals surface area (Å²) in [4.78, 5) is 9.10. The van der Waals surface area contributed by atoms with E-state index in [0.29, 0.717) is 6.42 Å². The highest BCUT2D eigenvalue weighted by Crippen LogP contribution is 2.20. The van der Waals surface area contributed by atoms with Crippen molar-refractivity contribution in [1.82, 2.24) is 14.5 Å². The highest BCUT2D eigenvalue weighted by Gasteiger charge is 2.11. The van der Waals surface area contributed by atoms with Gasteiger partial charge in [0.2, 0.25) is 0 Å². The lowest BCUT2D eigenvalue weighted by Gasteiger charge is -2.09. The van der Waals surface area contributed by atoms with Crippen LogP contribution in [0.4, 0.5) is 0 Å². The summed E-state index contributed by atoms with van der Waals surface area (Å²) >= 11 is 0. The van der Waals surface area contributed by atoms with Gasteiger partial charge in [-0.05, 0) is 43.2 Å². The first kappa shape index (κ1) is 13.8. The fourth-order valence-corrected chi connectivity index (χ4v) is 2.59. The lowest BCUT2D eigenvalue weighted by atomic mass is 10.1. The molecular weight excluding hydrogens is 262 g/mol. The van der Waals surface area contributed by atoms with E-state index in [9.17, 15) is 5.11 Å². The highest BCUT2D eigenvalue weighted by atomic mass is 16.3. The molecule has 2 aromatic heterocycles. The minimum absolute atomic E-state index is 0.321. The minimum Gasteiger partial charge on any atom is -0.393 e. The fraction of sp³-hybridized carbons (Fsp3) is 0.294. The number of aromatic nitrogens is 3. The first-order chi connectivity index (χ1) is 10.2. The number of nitrogens with zero attached hydrogens (tertiary/aromatic N) is 3. The largest absolute Gasteiger partial charge is 0.393 e. The maximum absolute atomic E-state index is 9.46. The Bertz CT molecular complexity index is 744. The molecule has 0 saturated heterocycles. The van der Waals surface area contributed by atoms with E-state index in [1.54, 1.807) is 13.1 Å². The Morgan fingerprint density at radius 1 is 1.19 bits per heavy atom. The molecule has 0 aliphatic carbocycles. The standard InChI is InChI=1S/C17H19N3O/c1-3-16-19-15-5-4-10-18-17(15)20(16)14-8-6-13(7-9-14)11-12(2)21/h4-10,12,21H,3,11H2,1-2H3. The monoisotopic (exact) mass is 281 g/mol. The van der Waals surface area contributed by atoms with Crippen LogP contribution in [0.5, 0.6) is 0 Å². The second kappa shape index (κ2) is 5.66. The molecule has 1 N–H and O–H groups in total. The van der Waals surface area contributed by atoms with E-state index in [4.69, 9.17) is 0 Å². The number of aryl methyl sites for hydroxylation is 1. The van der Waals surface area contributed by atoms with Crippen molar-refractivity contribution in [2.45, 2.75) is 32.8 Å². The van der Waals surface area contributed by atoms with Crippen LogP contribution >= 0.6 is 0 Å². The molecule has 4 heteroatoms. The number of hydrogen-bond acceptors (Lipinski definition) is 3. The number of aliphatic hydroxyl groups excluding tert-OH is 1. The zero-order valence-corrected chi connectivity index (χ0v) is 12.3. The van der Waals surface area contributed by atoms with Gasteiger partial charge in [-0.1, -0.05) is 19.1 Å². The van der Waals surface area contributed by atoms with Crippen molar-refractivity contribution < 1.29 is 5.11 Å². The molecule has 1 unspecified atom stereocenters. The van der Waals surface area contributed by atoms with Crippen molar-refractivity contribution in [1.29, 1.82) is 0 Å². The number of imidazole rings is 1. The molecule has 2 heterocycles. The Morgan fingerprint density at radius 3 is 2.62 bits per heavy atom. The van der Waals surface area contributed by atoms with Gasteiger partial charge in [0.1, 0.15) is 11.3 Å². The summed E-state index contributed by atoms with van der Waals surface area (Å²) < 4.78 is 2.10. The maximum Gasteiger partial charge on any atom is 0.164 e. The molecule has 21 heavy (non-hydrogen) atoms. The lowest BCUT2D eigenvalue weighted by molar-refractivity contribution is 0.195. The van der Waals surface area contributed by atoms with Gasteiger partial charge in [-0.3, -0.25) is 4.57 Å². The molecule has 0 amide bonds. The smallest absolute Gasteiger partial charge is 0.164 e. The van der Waals surface area contributed by atoms with Crippen molar-refractivity contribution in [2.24, 2.45) is 0 Å². The molecule has 1 atom stereocenters. The molecule has 1 aromatic carbocycles. The Kier molecular flexibility index (Phi) is 3.71. The second-order valence-electron chi connectivity index (χ2n) is 5.28. The molecule has 0 spiro atoms. The SMILES string of the molecule is CCc1nc2cccnc2n1-c1ccc(CC(C)O)cc1. The third-order valence-electron chi connectivity index (χ3n) is 3.53. The molecule has 0 fully saturated rings. The Balaban J connectivity index is 2.07. The first-order valence-corrected chi connectivity index (χ1v) is 7.28. The summed E-state index contributed by atoms with van der Waals surface area (Å²) in [5.74, 6) is 1.01. The van der Waals surface area contributed by atoms with Crippen LogP contribution in [0.15, 0.2) is 42.6 Å². The summed E-state index contributed by atoms with van der Waals surface area (Å²) in [5, 5.41) is 9.46. The van der Waals surface area contributed by atoms with Crippen molar-refractivity contribution in [2.75, 3.05) is 0 Å². The zero-order valence-electron chi connectivity index (χ0n) is 12.3. The number of rotatable bonds is 4. The average Bonchev–Trinajstić information content (AvgIpc) is 2.86. The van der Waals surface area contributed by atoms with E-state index in [0.717, 1.165) is 34.7 Å². The molecule has 0 aliphatic rings. The van der Waals surface area contributed by atoms with Crippen LogP contribution < -0.4 is 0 Å². The molecule has 4 nitrogen and oxygen atoms in total. The Morgan fingerprint density at radius 2 is 1.95 bits per heavy atom. The van der Waals surface area contributed by atoms with Crippen LogP contribution in [-0.4, -0.2) is 25.7 Å². The minimum atomic E-state index is -0.321. The number of hydrogen-bond donors (Lipinski definition) is 1. The third-order valence-corrected chi connectivity index (χ3v) is 3.53. The predicted octanol–water partition coefficient (Wildman–Crippen LogP) is 2.91. The number of benzene rings is 1. The van der Waals surface area contributed by atoms with Crippen molar-refractivity contribution >= 4 is 11.2 Å². The average molecular weight is 281 g/mol. The van der Waals surface area contributed by atoms with Crippen LogP contribution in [0, 0.1) is 0 Å². The summed E-state index contributed by atoms with van der Waals surface area (Å²) in [6.45, 7) is 3.90. The number of pyridine rings is 1. The van der Waals surface area contributed by atoms with Crippen LogP contribution in [0.25, 0.3) is 16.9 Å². The summed E-state index contributed by atoms with van der Waals surface area (Å²) in [6, 6.07) is 12.1. The van der Waals surface area contributed by atoms with Crippen molar-refractivity contribution in [3.05, 3.63) is 54.0 Å². The maximum atomic E-state index is 9.46. The zero-order chi connectivity index (χ0) is 14.8. The van der Waals surface area contributed by atoms with Crippen LogP contribution in [0.2, 0.25) is 0 Å². The topological polar surface area (TPSA) is 50.9 Å². The Labute approximate surface area is 124 Å². The summed E-state index contributed by atoms with van der Waals surface area (Å²) in [7, 11) is 0. The lowest BCUT2D eigenvalue weighted by Crippen LogP contribution is -2.05. The molecule has 3 aromatic rings. The summed E-state index contributed by atoms with van der Waals surface area (Å²) in [5.41, 5.74) is 3.99. The summed E-state index contributed by atoms with van der Waals surface area (Å²) in [6.07, 6.45) is 3.00. The van der Waals surface area contributed by atoms with Gasteiger partial charge in [-0.15, -0.1) is 0 Å². The van der Waals surface area contributed by atoms with Crippen LogP contribution in [0.1, 0.15) is 25.2 Å². The quantitative estimate of drug-likeness (QED) is 0.800. The second-order valence-corrected chi connectivity index (χ2v) is 5.28. The van der Waals surface area contributed by atoms with E-state index in [1.807, 2.05) is 12.1 Å². The number of aliphatic hydroxyl groups is 1. The van der Waals surface area contributed by atoms with Crippen molar-refractivity contribution in [3.8, 4) is 5.69 Å². The van der Waals surface area contributed by atoms with E-state index in [-0.39, 0.29) is 6.10 Å². The van der Waals surface area contributed by atoms with E-state index >= 15 is 0 Å². The van der Waals surface area contributed by atoms with Gasteiger partial charge < -0.3 is 5.11 Å². The van der Waals surface area contributed by atoms with Gasteiger partial charge in [0.25, 0.3) is 0 Å². The van der Waals surface area contributed by atoms with Gasteiger partial charge in [-0.25, -0.2) is 9.97 Å². The molecule has 0 bridgehead atoms. The predicted molar refractivity (Wildman–Crippen MR) is 83.6 cm³/mol. The van der Waals surface area contributed by atoms with E-state index in [2.05, 4.69) is 45.7 Å². The van der Waals surface area contributed by atoms with Crippen molar-refractivity contribution in [3.63, 3.8) is 0 Å². The van der Waals surface area contributed by atoms with Gasteiger partial charge in [0.15, 0.2) is 5.65 Å². The highest BCUT2D eigenvalue weighted by molar-refractivity contribution is 5.73. The molecule has 3 rings (SSSR count). The molecule has 0 aliphatic heterocycles. The van der Waals surface area contributed by atoms with Gasteiger partial charge >= 0.3 is 0 Å². The van der Waals surface area contributed by atoms with E-state index in [1.165, 1.54) is 0 Å². The van der Waals surface area contributed by atoms with Gasteiger partial charge in [0.05, 0.1) is 6.10 Å². The normalized spacial score (nSPS) is 12.7. The molecule has 0 radical (unpaired) electrons. The fourth-order valence-electron chi connectivity index (χ4n) is 2.59. The molecular formula is C17H19N3O. The third kappa shape index (κ3) is 2.67. The number of fused-ring (bicyclic) bond motifs is 1. The van der Waals surface area contributed by atoms with Crippen LogP contribution in [-0.2, 0) is 12.8 Å². The van der Waals surface area contributed by atoms with Gasteiger partial charge in [0, 0.05) is 18.3 Å². The molecule has 108 valence electrons. The van der Waals surface area contributed by atoms with Crippen LogP contribution in [0.3, 0.4) is 0 Å².